The molecular weight excluding hydrogens is 220 g/mol. The van der Waals surface area contributed by atoms with E-state index in [2.05, 4.69) is 0 Å². The Balaban J connectivity index is 1.88. The Labute approximate surface area is 102 Å². The van der Waals surface area contributed by atoms with Crippen molar-refractivity contribution in [3.8, 4) is 0 Å². The van der Waals surface area contributed by atoms with Crippen molar-refractivity contribution in [3.63, 3.8) is 0 Å². The molecule has 2 rings (SSSR count). The van der Waals surface area contributed by atoms with E-state index in [4.69, 9.17) is 4.74 Å². The molecule has 0 aliphatic heterocycles. The molecule has 0 spiro atoms. The highest BCUT2D eigenvalue weighted by Gasteiger charge is 2.57. The zero-order chi connectivity index (χ0) is 12.6. The summed E-state index contributed by atoms with van der Waals surface area (Å²) in [6.07, 6.45) is 2.42. The van der Waals surface area contributed by atoms with Crippen LogP contribution in [-0.4, -0.2) is 35.0 Å². The number of ether oxygens (including phenoxy) is 1. The predicted molar refractivity (Wildman–Crippen MR) is 62.6 cm³/mol. The quantitative estimate of drug-likeness (QED) is 0.743. The molecule has 3 unspecified atom stereocenters. The minimum atomic E-state index is -0.742. The van der Waals surface area contributed by atoms with Crippen molar-refractivity contribution in [2.24, 2.45) is 17.3 Å². The first-order valence-electron chi connectivity index (χ1n) is 6.46. The number of fused-ring (bicyclic) bond motifs is 1. The lowest BCUT2D eigenvalue weighted by atomic mass is 9.78. The van der Waals surface area contributed by atoms with Gasteiger partial charge < -0.3 is 14.9 Å². The van der Waals surface area contributed by atoms with Crippen molar-refractivity contribution in [1.29, 1.82) is 0 Å². The van der Waals surface area contributed by atoms with Crippen LogP contribution in [0.2, 0.25) is 0 Å². The molecule has 2 aliphatic carbocycles. The number of hydrogen-bond acceptors (Lipinski definition) is 3. The number of rotatable bonds is 6. The summed E-state index contributed by atoms with van der Waals surface area (Å²) in [6, 6.07) is 0. The van der Waals surface area contributed by atoms with E-state index in [-0.39, 0.29) is 12.7 Å². The maximum absolute atomic E-state index is 11.4. The number of aliphatic hydroxyl groups is 1. The van der Waals surface area contributed by atoms with Gasteiger partial charge in [-0.15, -0.1) is 0 Å². The van der Waals surface area contributed by atoms with Gasteiger partial charge >= 0.3 is 5.97 Å². The summed E-state index contributed by atoms with van der Waals surface area (Å²) < 4.78 is 5.33. The number of aliphatic hydroxyl groups excluding tert-OH is 1. The van der Waals surface area contributed by atoms with Crippen LogP contribution in [-0.2, 0) is 9.53 Å². The van der Waals surface area contributed by atoms with Gasteiger partial charge in [-0.05, 0) is 51.4 Å². The van der Waals surface area contributed by atoms with Gasteiger partial charge in [-0.1, -0.05) is 0 Å². The van der Waals surface area contributed by atoms with E-state index in [1.165, 1.54) is 6.42 Å². The molecule has 3 atom stereocenters. The fourth-order valence-electron chi connectivity index (χ4n) is 3.14. The maximum atomic E-state index is 11.4. The lowest BCUT2D eigenvalue weighted by Gasteiger charge is -2.28. The molecular formula is C13H22O4. The summed E-state index contributed by atoms with van der Waals surface area (Å²) in [6.45, 7) is 4.05. The van der Waals surface area contributed by atoms with Gasteiger partial charge in [-0.25, -0.2) is 0 Å². The monoisotopic (exact) mass is 242 g/mol. The molecule has 4 heteroatoms. The van der Waals surface area contributed by atoms with Crippen LogP contribution in [0.3, 0.4) is 0 Å². The highest BCUT2D eigenvalue weighted by atomic mass is 16.5. The van der Waals surface area contributed by atoms with Gasteiger partial charge in [-0.2, -0.15) is 0 Å². The first-order chi connectivity index (χ1) is 7.93. The molecule has 2 aliphatic rings. The second kappa shape index (κ2) is 4.58. The van der Waals surface area contributed by atoms with Crippen molar-refractivity contribution < 1.29 is 19.7 Å². The average molecular weight is 242 g/mol. The first-order valence-corrected chi connectivity index (χ1v) is 6.46. The lowest BCUT2D eigenvalue weighted by Crippen LogP contribution is -2.35. The van der Waals surface area contributed by atoms with E-state index in [0.717, 1.165) is 12.8 Å². The molecule has 0 radical (unpaired) electrons. The molecule has 0 bridgehead atoms. The largest absolute Gasteiger partial charge is 0.481 e. The second-order valence-electron chi connectivity index (χ2n) is 5.99. The van der Waals surface area contributed by atoms with Gasteiger partial charge in [0.05, 0.1) is 24.2 Å². The Hall–Kier alpha value is -0.610. The molecule has 4 nitrogen and oxygen atoms in total. The lowest BCUT2D eigenvalue weighted by molar-refractivity contribution is -0.152. The summed E-state index contributed by atoms with van der Waals surface area (Å²) in [4.78, 5) is 11.4. The summed E-state index contributed by atoms with van der Waals surface area (Å²) in [5.74, 6) is 0.460. The van der Waals surface area contributed by atoms with Gasteiger partial charge in [-0.3, -0.25) is 4.79 Å². The van der Waals surface area contributed by atoms with Crippen molar-refractivity contribution >= 4 is 5.97 Å². The summed E-state index contributed by atoms with van der Waals surface area (Å²) in [5, 5.41) is 19.3. The topological polar surface area (TPSA) is 66.8 Å². The molecule has 0 saturated heterocycles. The Kier molecular flexibility index (Phi) is 3.46. The summed E-state index contributed by atoms with van der Waals surface area (Å²) in [7, 11) is 0. The van der Waals surface area contributed by atoms with E-state index < -0.39 is 17.5 Å². The van der Waals surface area contributed by atoms with Crippen LogP contribution in [0.5, 0.6) is 0 Å². The van der Waals surface area contributed by atoms with E-state index in [0.29, 0.717) is 18.3 Å². The van der Waals surface area contributed by atoms with Crippen LogP contribution in [0, 0.1) is 17.3 Å². The van der Waals surface area contributed by atoms with E-state index in [1.807, 2.05) is 13.8 Å². The average Bonchev–Trinajstić information content (AvgIpc) is 2.84. The SMILES string of the molecule is CC(C)OCC(O)CC1(C(=O)O)CC2CC2C1. The maximum Gasteiger partial charge on any atom is 0.309 e. The van der Waals surface area contributed by atoms with Gasteiger partial charge in [0.25, 0.3) is 0 Å². The molecule has 2 fully saturated rings. The number of hydrogen-bond donors (Lipinski definition) is 2. The van der Waals surface area contributed by atoms with Crippen LogP contribution in [0.25, 0.3) is 0 Å². The third-order valence-corrected chi connectivity index (χ3v) is 4.08. The molecule has 0 aromatic heterocycles. The van der Waals surface area contributed by atoms with Crippen molar-refractivity contribution in [2.75, 3.05) is 6.61 Å². The van der Waals surface area contributed by atoms with Crippen LogP contribution < -0.4 is 0 Å². The molecule has 0 aromatic rings. The van der Waals surface area contributed by atoms with Crippen LogP contribution in [0.15, 0.2) is 0 Å². The van der Waals surface area contributed by atoms with E-state index >= 15 is 0 Å². The van der Waals surface area contributed by atoms with Crippen LogP contribution in [0.4, 0.5) is 0 Å². The smallest absolute Gasteiger partial charge is 0.309 e. The fourth-order valence-corrected chi connectivity index (χ4v) is 3.14. The number of aliphatic carboxylic acids is 1. The minimum absolute atomic E-state index is 0.0717. The number of carboxylic acid groups (broad SMARTS) is 1. The molecule has 0 amide bonds. The van der Waals surface area contributed by atoms with Crippen LogP contribution in [0.1, 0.15) is 39.5 Å². The van der Waals surface area contributed by atoms with E-state index in [1.54, 1.807) is 0 Å². The minimum Gasteiger partial charge on any atom is -0.481 e. The fraction of sp³-hybridized carbons (Fsp3) is 0.923. The summed E-state index contributed by atoms with van der Waals surface area (Å²) in [5.41, 5.74) is -0.687. The molecule has 0 heterocycles. The van der Waals surface area contributed by atoms with Gasteiger partial charge in [0.1, 0.15) is 0 Å². The second-order valence-corrected chi connectivity index (χ2v) is 5.99. The normalized spacial score (nSPS) is 36.9. The molecule has 0 aromatic carbocycles. The Morgan fingerprint density at radius 1 is 1.41 bits per heavy atom. The zero-order valence-electron chi connectivity index (χ0n) is 10.6. The van der Waals surface area contributed by atoms with Gasteiger partial charge in [0.2, 0.25) is 0 Å². The first kappa shape index (κ1) is 12.8. The van der Waals surface area contributed by atoms with Crippen molar-refractivity contribution in [2.45, 2.75) is 51.7 Å². The molecule has 2 saturated carbocycles. The molecule has 98 valence electrons. The van der Waals surface area contributed by atoms with E-state index in [9.17, 15) is 15.0 Å². The Morgan fingerprint density at radius 2 is 2.00 bits per heavy atom. The zero-order valence-corrected chi connectivity index (χ0v) is 10.6. The highest BCUT2D eigenvalue weighted by molar-refractivity contribution is 5.75. The van der Waals surface area contributed by atoms with Crippen molar-refractivity contribution in [3.05, 3.63) is 0 Å². The van der Waals surface area contributed by atoms with Gasteiger partial charge in [0.15, 0.2) is 0 Å². The van der Waals surface area contributed by atoms with Gasteiger partial charge in [0, 0.05) is 0 Å². The third-order valence-electron chi connectivity index (χ3n) is 4.08. The Morgan fingerprint density at radius 3 is 2.47 bits per heavy atom. The summed E-state index contributed by atoms with van der Waals surface area (Å²) >= 11 is 0. The van der Waals surface area contributed by atoms with Crippen LogP contribution >= 0.6 is 0 Å². The highest BCUT2D eigenvalue weighted by Crippen LogP contribution is 2.61. The predicted octanol–water partition coefficient (Wildman–Crippen LogP) is 1.66. The number of carboxylic acids is 1. The molecule has 2 N–H and O–H groups in total. The third kappa shape index (κ3) is 2.80. The molecule has 17 heavy (non-hydrogen) atoms. The number of carbonyl (C=O) groups is 1. The Bertz CT molecular complexity index is 290. The standard InChI is InChI=1S/C13H22O4/c1-8(2)17-7-11(14)6-13(12(15)16)4-9-3-10(9)5-13/h8-11,14H,3-7H2,1-2H3,(H,15,16). The van der Waals surface area contributed by atoms with Crippen molar-refractivity contribution in [1.82, 2.24) is 0 Å².